The maximum atomic E-state index is 12.1. The molecule has 1 fully saturated rings. The minimum atomic E-state index is -0.491. The van der Waals surface area contributed by atoms with Crippen molar-refractivity contribution in [1.82, 2.24) is 10.3 Å². The summed E-state index contributed by atoms with van der Waals surface area (Å²) in [5.41, 5.74) is 1.88. The Bertz CT molecular complexity index is 700. The van der Waals surface area contributed by atoms with Crippen LogP contribution < -0.4 is 10.1 Å². The van der Waals surface area contributed by atoms with Gasteiger partial charge in [-0.1, -0.05) is 18.2 Å². The van der Waals surface area contributed by atoms with Gasteiger partial charge in [-0.15, -0.1) is 0 Å². The third-order valence-electron chi connectivity index (χ3n) is 4.43. The zero-order valence-electron chi connectivity index (χ0n) is 15.6. The van der Waals surface area contributed by atoms with Crippen molar-refractivity contribution in [2.75, 3.05) is 13.2 Å². The van der Waals surface area contributed by atoms with Gasteiger partial charge in [0.25, 0.3) is 0 Å². The van der Waals surface area contributed by atoms with Crippen molar-refractivity contribution >= 4 is 5.91 Å². The summed E-state index contributed by atoms with van der Waals surface area (Å²) < 4.78 is 16.8. The Labute approximate surface area is 159 Å². The van der Waals surface area contributed by atoms with Crippen molar-refractivity contribution in [3.8, 4) is 5.75 Å². The summed E-state index contributed by atoms with van der Waals surface area (Å²) in [6, 6.07) is 13.4. The summed E-state index contributed by atoms with van der Waals surface area (Å²) in [5.74, 6) is 0.646. The molecule has 0 bridgehead atoms. The summed E-state index contributed by atoms with van der Waals surface area (Å²) in [6.07, 6.45) is 3.45. The summed E-state index contributed by atoms with van der Waals surface area (Å²) in [6.45, 7) is 3.90. The number of rotatable bonds is 9. The zero-order chi connectivity index (χ0) is 18.9. The molecule has 1 aromatic heterocycles. The number of nitrogens with one attached hydrogen (secondary N) is 1. The third-order valence-corrected chi connectivity index (χ3v) is 4.43. The van der Waals surface area contributed by atoms with Crippen LogP contribution in [0.5, 0.6) is 5.75 Å². The van der Waals surface area contributed by atoms with E-state index in [1.54, 1.807) is 13.1 Å². The van der Waals surface area contributed by atoms with Crippen molar-refractivity contribution in [1.29, 1.82) is 0 Å². The predicted octanol–water partition coefficient (Wildman–Crippen LogP) is 2.86. The van der Waals surface area contributed by atoms with Crippen molar-refractivity contribution in [2.45, 2.75) is 45.1 Å². The van der Waals surface area contributed by atoms with Gasteiger partial charge in [0.1, 0.15) is 18.5 Å². The zero-order valence-corrected chi connectivity index (χ0v) is 15.6. The van der Waals surface area contributed by atoms with E-state index in [0.29, 0.717) is 19.8 Å². The average molecular weight is 370 g/mol. The van der Waals surface area contributed by atoms with Gasteiger partial charge in [0, 0.05) is 19.3 Å². The Morgan fingerprint density at radius 2 is 2.15 bits per heavy atom. The molecule has 2 aromatic rings. The number of hydrogen-bond donors (Lipinski definition) is 1. The quantitative estimate of drug-likeness (QED) is 0.735. The molecule has 1 aromatic carbocycles. The standard InChI is InChI=1S/C21H26N2O4/c1-16(26-15-20-6-4-12-25-20)21(24)23-13-17-7-9-19(10-8-17)27-14-18-5-2-3-11-22-18/h2-3,5,7-11,16,20H,4,6,12-15H2,1H3,(H,23,24). The van der Waals surface area contributed by atoms with Crippen LogP contribution in [0.4, 0.5) is 0 Å². The van der Waals surface area contributed by atoms with E-state index in [0.717, 1.165) is 36.5 Å². The first-order valence-electron chi connectivity index (χ1n) is 9.33. The number of hydrogen-bond acceptors (Lipinski definition) is 5. The lowest BCUT2D eigenvalue weighted by Gasteiger charge is -2.16. The molecule has 2 heterocycles. The van der Waals surface area contributed by atoms with Crippen molar-refractivity contribution in [3.63, 3.8) is 0 Å². The van der Waals surface area contributed by atoms with Crippen LogP contribution >= 0.6 is 0 Å². The highest BCUT2D eigenvalue weighted by Gasteiger charge is 2.19. The summed E-state index contributed by atoms with van der Waals surface area (Å²) in [5, 5.41) is 2.90. The fourth-order valence-electron chi connectivity index (χ4n) is 2.78. The van der Waals surface area contributed by atoms with E-state index in [2.05, 4.69) is 10.3 Å². The van der Waals surface area contributed by atoms with Gasteiger partial charge in [0.05, 0.1) is 18.4 Å². The summed E-state index contributed by atoms with van der Waals surface area (Å²) in [4.78, 5) is 16.4. The molecular formula is C21H26N2O4. The maximum Gasteiger partial charge on any atom is 0.249 e. The number of pyridine rings is 1. The Balaban J connectivity index is 1.38. The van der Waals surface area contributed by atoms with Gasteiger partial charge in [-0.05, 0) is 49.6 Å². The Hall–Kier alpha value is -2.44. The molecule has 3 rings (SSSR count). The second-order valence-corrected chi connectivity index (χ2v) is 6.58. The fraction of sp³-hybridized carbons (Fsp3) is 0.429. The molecule has 6 heteroatoms. The van der Waals surface area contributed by atoms with Crippen molar-refractivity contribution in [3.05, 3.63) is 59.9 Å². The molecule has 1 aliphatic heterocycles. The van der Waals surface area contributed by atoms with Gasteiger partial charge in [-0.2, -0.15) is 0 Å². The molecule has 2 atom stereocenters. The van der Waals surface area contributed by atoms with Crippen LogP contribution in [0.25, 0.3) is 0 Å². The molecule has 1 saturated heterocycles. The monoisotopic (exact) mass is 370 g/mol. The van der Waals surface area contributed by atoms with Crippen molar-refractivity contribution < 1.29 is 19.0 Å². The van der Waals surface area contributed by atoms with E-state index >= 15 is 0 Å². The first-order valence-corrected chi connectivity index (χ1v) is 9.33. The number of nitrogens with zero attached hydrogens (tertiary/aromatic N) is 1. The van der Waals surface area contributed by atoms with Gasteiger partial charge in [-0.3, -0.25) is 9.78 Å². The Morgan fingerprint density at radius 3 is 2.85 bits per heavy atom. The summed E-state index contributed by atoms with van der Waals surface area (Å²) >= 11 is 0. The summed E-state index contributed by atoms with van der Waals surface area (Å²) in [7, 11) is 0. The van der Waals surface area contributed by atoms with Crippen molar-refractivity contribution in [2.24, 2.45) is 0 Å². The van der Waals surface area contributed by atoms with Crippen LogP contribution in [0, 0.1) is 0 Å². The highest BCUT2D eigenvalue weighted by Crippen LogP contribution is 2.14. The van der Waals surface area contributed by atoms with Gasteiger partial charge in [0.2, 0.25) is 5.91 Å². The molecule has 1 N–H and O–H groups in total. The molecule has 0 radical (unpaired) electrons. The number of ether oxygens (including phenoxy) is 3. The van der Waals surface area contributed by atoms with E-state index in [-0.39, 0.29) is 12.0 Å². The van der Waals surface area contributed by atoms with E-state index in [9.17, 15) is 4.79 Å². The molecule has 0 spiro atoms. The van der Waals surface area contributed by atoms with Gasteiger partial charge >= 0.3 is 0 Å². The molecule has 2 unspecified atom stereocenters. The SMILES string of the molecule is CC(OCC1CCCO1)C(=O)NCc1ccc(OCc2ccccn2)cc1. The first kappa shape index (κ1) is 19.3. The van der Waals surface area contributed by atoms with Crippen LogP contribution in [-0.2, 0) is 27.4 Å². The number of carbonyl (C=O) groups excluding carboxylic acids is 1. The largest absolute Gasteiger partial charge is 0.487 e. The van der Waals surface area contributed by atoms with E-state index in [4.69, 9.17) is 14.2 Å². The lowest BCUT2D eigenvalue weighted by Crippen LogP contribution is -2.35. The normalized spacial score (nSPS) is 17.4. The number of amides is 1. The number of aromatic nitrogens is 1. The molecule has 1 aliphatic rings. The van der Waals surface area contributed by atoms with E-state index < -0.39 is 6.10 Å². The lowest BCUT2D eigenvalue weighted by atomic mass is 10.2. The average Bonchev–Trinajstić information content (AvgIpc) is 3.24. The van der Waals surface area contributed by atoms with Gasteiger partial charge in [-0.25, -0.2) is 0 Å². The highest BCUT2D eigenvalue weighted by molar-refractivity contribution is 5.80. The second-order valence-electron chi connectivity index (χ2n) is 6.58. The maximum absolute atomic E-state index is 12.1. The molecule has 1 amide bonds. The topological polar surface area (TPSA) is 69.7 Å². The van der Waals surface area contributed by atoms with Crippen LogP contribution in [0.1, 0.15) is 31.0 Å². The van der Waals surface area contributed by atoms with E-state index in [1.165, 1.54) is 0 Å². The second kappa shape index (κ2) is 10.0. The van der Waals surface area contributed by atoms with Gasteiger partial charge < -0.3 is 19.5 Å². The molecule has 6 nitrogen and oxygen atoms in total. The first-order chi connectivity index (χ1) is 13.2. The van der Waals surface area contributed by atoms with Crippen LogP contribution in [-0.4, -0.2) is 36.3 Å². The van der Waals surface area contributed by atoms with Crippen LogP contribution in [0.2, 0.25) is 0 Å². The van der Waals surface area contributed by atoms with Crippen LogP contribution in [0.3, 0.4) is 0 Å². The number of benzene rings is 1. The Kier molecular flexibility index (Phi) is 7.19. The third kappa shape index (κ3) is 6.34. The van der Waals surface area contributed by atoms with E-state index in [1.807, 2.05) is 42.5 Å². The predicted molar refractivity (Wildman–Crippen MR) is 101 cm³/mol. The Morgan fingerprint density at radius 1 is 1.30 bits per heavy atom. The molecular weight excluding hydrogens is 344 g/mol. The molecule has 0 saturated carbocycles. The minimum absolute atomic E-state index is 0.122. The minimum Gasteiger partial charge on any atom is -0.487 e. The van der Waals surface area contributed by atoms with Gasteiger partial charge in [0.15, 0.2) is 0 Å². The lowest BCUT2D eigenvalue weighted by molar-refractivity contribution is -0.133. The number of carbonyl (C=O) groups is 1. The highest BCUT2D eigenvalue weighted by atomic mass is 16.5. The van der Waals surface area contributed by atoms with Crippen LogP contribution in [0.15, 0.2) is 48.7 Å². The molecule has 27 heavy (non-hydrogen) atoms. The smallest absolute Gasteiger partial charge is 0.249 e. The molecule has 144 valence electrons. The fourth-order valence-corrected chi connectivity index (χ4v) is 2.78. The molecule has 0 aliphatic carbocycles.